The average Bonchev–Trinajstić information content (AvgIpc) is 2.50. The Bertz CT molecular complexity index is 593. The molecule has 0 spiro atoms. The second-order valence-corrected chi connectivity index (χ2v) is 4.54. The number of nitrogens with zero attached hydrogens (tertiary/aromatic N) is 2. The van der Waals surface area contributed by atoms with Gasteiger partial charge >= 0.3 is 0 Å². The number of rotatable bonds is 4. The molecular weight excluding hydrogens is 250 g/mol. The molecule has 1 aromatic heterocycles. The van der Waals surface area contributed by atoms with Gasteiger partial charge in [-0.05, 0) is 38.1 Å². The van der Waals surface area contributed by atoms with Gasteiger partial charge in [0.1, 0.15) is 11.5 Å². The van der Waals surface area contributed by atoms with E-state index < -0.39 is 0 Å². The number of carbonyl (C=O) groups is 1. The summed E-state index contributed by atoms with van der Waals surface area (Å²) in [5, 5.41) is 2.94. The first-order valence-electron chi connectivity index (χ1n) is 6.69. The molecule has 0 aliphatic rings. The zero-order chi connectivity index (χ0) is 14.5. The van der Waals surface area contributed by atoms with E-state index in [1.165, 1.54) is 5.56 Å². The molecule has 4 nitrogen and oxygen atoms in total. The number of aromatic nitrogens is 1. The number of hydrogen-bond donors (Lipinski definition) is 1. The first-order chi connectivity index (χ1) is 9.65. The van der Waals surface area contributed by atoms with Gasteiger partial charge in [-0.2, -0.15) is 0 Å². The quantitative estimate of drug-likeness (QED) is 0.927. The normalized spacial score (nSPS) is 10.2. The number of carbonyl (C=O) groups excluding carboxylic acids is 1. The van der Waals surface area contributed by atoms with Crippen molar-refractivity contribution in [3.05, 3.63) is 53.7 Å². The Kier molecular flexibility index (Phi) is 4.35. The van der Waals surface area contributed by atoms with Crippen molar-refractivity contribution in [3.8, 4) is 0 Å². The Balaban J connectivity index is 2.31. The summed E-state index contributed by atoms with van der Waals surface area (Å²) in [7, 11) is 1.79. The minimum absolute atomic E-state index is 0.0894. The molecule has 1 aromatic carbocycles. The molecule has 0 saturated carbocycles. The largest absolute Gasteiger partial charge is 0.373 e. The first-order valence-corrected chi connectivity index (χ1v) is 6.69. The summed E-state index contributed by atoms with van der Waals surface area (Å²) >= 11 is 0. The van der Waals surface area contributed by atoms with Crippen LogP contribution in [0.1, 0.15) is 23.0 Å². The fraction of sp³-hybridized carbons (Fsp3) is 0.250. The van der Waals surface area contributed by atoms with E-state index in [1.54, 1.807) is 18.0 Å². The van der Waals surface area contributed by atoms with Crippen LogP contribution in [0.2, 0.25) is 0 Å². The van der Waals surface area contributed by atoms with Crippen LogP contribution in [0, 0.1) is 6.92 Å². The van der Waals surface area contributed by atoms with Crippen molar-refractivity contribution in [1.29, 1.82) is 0 Å². The van der Waals surface area contributed by atoms with Gasteiger partial charge in [-0.3, -0.25) is 4.79 Å². The lowest BCUT2D eigenvalue weighted by atomic mass is 10.2. The maximum absolute atomic E-state index is 12.6. The summed E-state index contributed by atoms with van der Waals surface area (Å²) in [6.07, 6.45) is 0. The third-order valence-corrected chi connectivity index (χ3v) is 3.13. The molecular formula is C16H19N3O. The van der Waals surface area contributed by atoms with Crippen LogP contribution in [0.25, 0.3) is 0 Å². The highest BCUT2D eigenvalue weighted by Gasteiger charge is 2.17. The second kappa shape index (κ2) is 6.19. The van der Waals surface area contributed by atoms with E-state index in [1.807, 2.05) is 50.2 Å². The molecule has 2 aromatic rings. The molecule has 0 atom stereocenters. The third kappa shape index (κ3) is 2.96. The molecule has 1 heterocycles. The van der Waals surface area contributed by atoms with Crippen LogP contribution < -0.4 is 10.2 Å². The highest BCUT2D eigenvalue weighted by molar-refractivity contribution is 6.04. The van der Waals surface area contributed by atoms with Crippen molar-refractivity contribution in [2.24, 2.45) is 0 Å². The van der Waals surface area contributed by atoms with E-state index in [-0.39, 0.29) is 5.91 Å². The molecule has 0 fully saturated rings. The van der Waals surface area contributed by atoms with E-state index in [4.69, 9.17) is 0 Å². The Morgan fingerprint density at radius 2 is 1.90 bits per heavy atom. The van der Waals surface area contributed by atoms with Gasteiger partial charge in [0.25, 0.3) is 5.91 Å². The van der Waals surface area contributed by atoms with Gasteiger partial charge in [-0.1, -0.05) is 23.8 Å². The number of aryl methyl sites for hydroxylation is 1. The molecule has 2 rings (SSSR count). The van der Waals surface area contributed by atoms with Crippen molar-refractivity contribution in [3.63, 3.8) is 0 Å². The predicted octanol–water partition coefficient (Wildman–Crippen LogP) is 3.10. The van der Waals surface area contributed by atoms with Crippen molar-refractivity contribution < 1.29 is 4.79 Å². The average molecular weight is 269 g/mol. The minimum atomic E-state index is -0.0894. The van der Waals surface area contributed by atoms with E-state index in [0.29, 0.717) is 18.1 Å². The molecule has 0 unspecified atom stereocenters. The van der Waals surface area contributed by atoms with Crippen LogP contribution in [0.3, 0.4) is 0 Å². The van der Waals surface area contributed by atoms with Gasteiger partial charge in [0.2, 0.25) is 0 Å². The van der Waals surface area contributed by atoms with Crippen LogP contribution in [0.15, 0.2) is 42.5 Å². The Hall–Kier alpha value is -2.36. The molecule has 20 heavy (non-hydrogen) atoms. The molecule has 1 N–H and O–H groups in total. The molecule has 1 amide bonds. The van der Waals surface area contributed by atoms with Gasteiger partial charge in [-0.15, -0.1) is 0 Å². The van der Waals surface area contributed by atoms with Crippen molar-refractivity contribution in [1.82, 2.24) is 4.98 Å². The molecule has 0 saturated heterocycles. The maximum atomic E-state index is 12.6. The summed E-state index contributed by atoms with van der Waals surface area (Å²) in [4.78, 5) is 18.6. The Labute approximate surface area is 119 Å². The zero-order valence-electron chi connectivity index (χ0n) is 12.1. The van der Waals surface area contributed by atoms with E-state index in [2.05, 4.69) is 10.3 Å². The summed E-state index contributed by atoms with van der Waals surface area (Å²) in [5.41, 5.74) is 2.51. The Morgan fingerprint density at radius 3 is 2.50 bits per heavy atom. The number of benzene rings is 1. The van der Waals surface area contributed by atoms with Crippen LogP contribution in [0.5, 0.6) is 0 Å². The highest BCUT2D eigenvalue weighted by atomic mass is 16.2. The van der Waals surface area contributed by atoms with Gasteiger partial charge in [-0.25, -0.2) is 4.98 Å². The summed E-state index contributed by atoms with van der Waals surface area (Å²) in [5.74, 6) is 0.601. The van der Waals surface area contributed by atoms with Crippen molar-refractivity contribution in [2.75, 3.05) is 23.8 Å². The summed E-state index contributed by atoms with van der Waals surface area (Å²) in [6, 6.07) is 13.3. The molecule has 0 bridgehead atoms. The first kappa shape index (κ1) is 14.1. The lowest BCUT2D eigenvalue weighted by Gasteiger charge is -2.21. The smallest absolute Gasteiger partial charge is 0.276 e. The SMILES string of the molecule is CCN(C(=O)c1cccc(NC)n1)c1ccc(C)cc1. The van der Waals surface area contributed by atoms with Crippen LogP contribution in [-0.2, 0) is 0 Å². The number of anilines is 2. The standard InChI is InChI=1S/C16H19N3O/c1-4-19(13-10-8-12(2)9-11-13)16(20)14-6-5-7-15(17-3)18-14/h5-11H,4H2,1-3H3,(H,17,18). The van der Waals surface area contributed by atoms with Gasteiger partial charge in [0.05, 0.1) is 0 Å². The molecule has 0 radical (unpaired) electrons. The van der Waals surface area contributed by atoms with E-state index in [0.717, 1.165) is 5.69 Å². The number of hydrogen-bond acceptors (Lipinski definition) is 3. The van der Waals surface area contributed by atoms with Crippen LogP contribution in [0.4, 0.5) is 11.5 Å². The fourth-order valence-electron chi connectivity index (χ4n) is 2.00. The fourth-order valence-corrected chi connectivity index (χ4v) is 2.00. The summed E-state index contributed by atoms with van der Waals surface area (Å²) in [6.45, 7) is 4.59. The van der Waals surface area contributed by atoms with Gasteiger partial charge in [0.15, 0.2) is 0 Å². The molecule has 0 aliphatic carbocycles. The molecule has 104 valence electrons. The zero-order valence-corrected chi connectivity index (χ0v) is 12.1. The third-order valence-electron chi connectivity index (χ3n) is 3.13. The second-order valence-electron chi connectivity index (χ2n) is 4.54. The number of amides is 1. The lowest BCUT2D eigenvalue weighted by molar-refractivity contribution is 0.0983. The van der Waals surface area contributed by atoms with Crippen molar-refractivity contribution >= 4 is 17.4 Å². The topological polar surface area (TPSA) is 45.2 Å². The highest BCUT2D eigenvalue weighted by Crippen LogP contribution is 2.17. The van der Waals surface area contributed by atoms with Gasteiger partial charge < -0.3 is 10.2 Å². The summed E-state index contributed by atoms with van der Waals surface area (Å²) < 4.78 is 0. The number of pyridine rings is 1. The van der Waals surface area contributed by atoms with E-state index in [9.17, 15) is 4.79 Å². The Morgan fingerprint density at radius 1 is 1.20 bits per heavy atom. The van der Waals surface area contributed by atoms with E-state index >= 15 is 0 Å². The maximum Gasteiger partial charge on any atom is 0.276 e. The van der Waals surface area contributed by atoms with Gasteiger partial charge in [0, 0.05) is 19.3 Å². The van der Waals surface area contributed by atoms with Crippen molar-refractivity contribution in [2.45, 2.75) is 13.8 Å². The predicted molar refractivity (Wildman–Crippen MR) is 82.3 cm³/mol. The monoisotopic (exact) mass is 269 g/mol. The van der Waals surface area contributed by atoms with Crippen LogP contribution in [-0.4, -0.2) is 24.5 Å². The number of nitrogens with one attached hydrogen (secondary N) is 1. The lowest BCUT2D eigenvalue weighted by Crippen LogP contribution is -2.31. The molecule has 4 heteroatoms. The van der Waals surface area contributed by atoms with Crippen LogP contribution >= 0.6 is 0 Å². The minimum Gasteiger partial charge on any atom is -0.373 e. The molecule has 0 aliphatic heterocycles.